The lowest BCUT2D eigenvalue weighted by Gasteiger charge is -2.32. The van der Waals surface area contributed by atoms with Gasteiger partial charge in [0.1, 0.15) is 5.75 Å². The molecule has 1 fully saturated rings. The highest BCUT2D eigenvalue weighted by atomic mass is 35.5. The number of ether oxygens (including phenoxy) is 1. The minimum atomic E-state index is -0.310. The Hall–Kier alpha value is -1.26. The molecule has 2 N–H and O–H groups in total. The highest BCUT2D eigenvalue weighted by molar-refractivity contribution is 5.95. The van der Waals surface area contributed by atoms with Gasteiger partial charge in [-0.05, 0) is 57.0 Å². The lowest BCUT2D eigenvalue weighted by molar-refractivity contribution is -0.125. The molecule has 0 bridgehead atoms. The number of hydrogen-bond acceptors (Lipinski definition) is 3. The van der Waals surface area contributed by atoms with Gasteiger partial charge in [0.2, 0.25) is 5.91 Å². The Morgan fingerprint density at radius 3 is 2.67 bits per heavy atom. The van der Waals surface area contributed by atoms with Crippen molar-refractivity contribution in [3.63, 3.8) is 0 Å². The molecule has 4 nitrogen and oxygen atoms in total. The van der Waals surface area contributed by atoms with Crippen molar-refractivity contribution in [1.29, 1.82) is 0 Å². The predicted molar refractivity (Wildman–Crippen MR) is 88.3 cm³/mol. The average Bonchev–Trinajstić information content (AvgIpc) is 2.47. The fourth-order valence-corrected chi connectivity index (χ4v) is 2.39. The van der Waals surface area contributed by atoms with Crippen LogP contribution in [-0.4, -0.2) is 25.6 Å². The van der Waals surface area contributed by atoms with E-state index in [1.807, 2.05) is 31.2 Å². The van der Waals surface area contributed by atoms with E-state index in [9.17, 15) is 4.79 Å². The number of nitrogens with one attached hydrogen (secondary N) is 2. The van der Waals surface area contributed by atoms with Gasteiger partial charge >= 0.3 is 0 Å². The van der Waals surface area contributed by atoms with Crippen LogP contribution in [0.3, 0.4) is 0 Å². The van der Waals surface area contributed by atoms with Crippen molar-refractivity contribution in [3.8, 4) is 5.75 Å². The van der Waals surface area contributed by atoms with Gasteiger partial charge < -0.3 is 15.4 Å². The van der Waals surface area contributed by atoms with Crippen LogP contribution in [-0.2, 0) is 4.79 Å². The second-order valence-corrected chi connectivity index (χ2v) is 5.67. The van der Waals surface area contributed by atoms with Crippen molar-refractivity contribution < 1.29 is 9.53 Å². The lowest BCUT2D eigenvalue weighted by Crippen LogP contribution is -2.46. The van der Waals surface area contributed by atoms with E-state index in [1.165, 1.54) is 0 Å². The molecule has 0 saturated carbocycles. The summed E-state index contributed by atoms with van der Waals surface area (Å²) in [7, 11) is 0. The maximum Gasteiger partial charge on any atom is 0.231 e. The van der Waals surface area contributed by atoms with E-state index in [4.69, 9.17) is 4.74 Å². The largest absolute Gasteiger partial charge is 0.494 e. The van der Waals surface area contributed by atoms with E-state index in [0.29, 0.717) is 0 Å². The maximum atomic E-state index is 12.4. The first-order valence-electron chi connectivity index (χ1n) is 7.39. The number of anilines is 1. The topological polar surface area (TPSA) is 50.4 Å². The zero-order valence-corrected chi connectivity index (χ0v) is 13.6. The molecule has 1 unspecified atom stereocenters. The molecule has 1 aromatic carbocycles. The van der Waals surface area contributed by atoms with Gasteiger partial charge in [0.25, 0.3) is 0 Å². The number of carbonyl (C=O) groups excluding carboxylic acids is 1. The summed E-state index contributed by atoms with van der Waals surface area (Å²) < 4.78 is 5.53. The van der Waals surface area contributed by atoms with Crippen molar-refractivity contribution in [1.82, 2.24) is 5.32 Å². The van der Waals surface area contributed by atoms with Crippen molar-refractivity contribution >= 4 is 24.0 Å². The zero-order chi connectivity index (χ0) is 14.4. The van der Waals surface area contributed by atoms with Crippen LogP contribution < -0.4 is 15.4 Å². The van der Waals surface area contributed by atoms with Gasteiger partial charge in [0.05, 0.1) is 12.0 Å². The number of benzene rings is 1. The summed E-state index contributed by atoms with van der Waals surface area (Å²) in [6.07, 6.45) is 2.97. The zero-order valence-electron chi connectivity index (χ0n) is 12.8. The van der Waals surface area contributed by atoms with Gasteiger partial charge in [-0.25, -0.2) is 0 Å². The third-order valence-electron chi connectivity index (χ3n) is 3.73. The minimum Gasteiger partial charge on any atom is -0.494 e. The molecule has 1 heterocycles. The number of hydrogen-bond donors (Lipinski definition) is 2. The summed E-state index contributed by atoms with van der Waals surface area (Å²) >= 11 is 0. The molecule has 1 saturated heterocycles. The molecule has 0 radical (unpaired) electrons. The molecule has 1 aliphatic heterocycles. The first-order chi connectivity index (χ1) is 9.64. The molecule has 0 spiro atoms. The molecule has 1 atom stereocenters. The summed E-state index contributed by atoms with van der Waals surface area (Å²) in [6.45, 7) is 6.57. The van der Waals surface area contributed by atoms with E-state index >= 15 is 0 Å². The average molecular weight is 313 g/mol. The van der Waals surface area contributed by atoms with Crippen LogP contribution in [0, 0.1) is 5.41 Å². The van der Waals surface area contributed by atoms with Gasteiger partial charge in [-0.2, -0.15) is 0 Å². The normalized spacial score (nSPS) is 21.2. The summed E-state index contributed by atoms with van der Waals surface area (Å²) in [5.41, 5.74) is 0.515. The van der Waals surface area contributed by atoms with E-state index < -0.39 is 0 Å². The number of rotatable bonds is 5. The monoisotopic (exact) mass is 312 g/mol. The third kappa shape index (κ3) is 4.90. The molecule has 0 aromatic heterocycles. The van der Waals surface area contributed by atoms with Crippen molar-refractivity contribution in [3.05, 3.63) is 24.3 Å². The molecule has 2 rings (SSSR count). The van der Waals surface area contributed by atoms with Crippen LogP contribution >= 0.6 is 12.4 Å². The molecule has 5 heteroatoms. The molecule has 21 heavy (non-hydrogen) atoms. The van der Waals surface area contributed by atoms with Crippen LogP contribution in [0.5, 0.6) is 5.75 Å². The van der Waals surface area contributed by atoms with Crippen LogP contribution in [0.25, 0.3) is 0 Å². The molecular formula is C16H25ClN2O2. The molecule has 1 amide bonds. The Bertz CT molecular complexity index is 442. The summed E-state index contributed by atoms with van der Waals surface area (Å²) in [4.78, 5) is 12.4. The Labute approximate surface area is 133 Å². The van der Waals surface area contributed by atoms with Crippen molar-refractivity contribution in [2.24, 2.45) is 5.41 Å². The second-order valence-electron chi connectivity index (χ2n) is 5.67. The Kier molecular flexibility index (Phi) is 6.99. The van der Waals surface area contributed by atoms with Crippen molar-refractivity contribution in [2.75, 3.05) is 25.0 Å². The van der Waals surface area contributed by atoms with Gasteiger partial charge in [-0.15, -0.1) is 12.4 Å². The van der Waals surface area contributed by atoms with E-state index in [1.54, 1.807) is 0 Å². The van der Waals surface area contributed by atoms with Gasteiger partial charge in [0, 0.05) is 12.2 Å². The van der Waals surface area contributed by atoms with E-state index in [2.05, 4.69) is 17.6 Å². The number of amides is 1. The highest BCUT2D eigenvalue weighted by Crippen LogP contribution is 2.27. The van der Waals surface area contributed by atoms with Gasteiger partial charge in [-0.1, -0.05) is 6.92 Å². The minimum absolute atomic E-state index is 0. The smallest absolute Gasteiger partial charge is 0.231 e. The Morgan fingerprint density at radius 1 is 1.38 bits per heavy atom. The summed E-state index contributed by atoms with van der Waals surface area (Å²) in [5, 5.41) is 6.29. The lowest BCUT2D eigenvalue weighted by atomic mass is 9.82. The predicted octanol–water partition coefficient (Wildman–Crippen LogP) is 3.23. The number of carbonyl (C=O) groups is 1. The third-order valence-corrected chi connectivity index (χ3v) is 3.73. The highest BCUT2D eigenvalue weighted by Gasteiger charge is 2.34. The molecular weight excluding hydrogens is 288 g/mol. The fourth-order valence-electron chi connectivity index (χ4n) is 2.39. The maximum absolute atomic E-state index is 12.4. The fraction of sp³-hybridized carbons (Fsp3) is 0.562. The first kappa shape index (κ1) is 17.8. The summed E-state index contributed by atoms with van der Waals surface area (Å²) in [5.74, 6) is 0.933. The number of piperidine rings is 1. The van der Waals surface area contributed by atoms with Crippen LogP contribution in [0.1, 0.15) is 33.1 Å². The Morgan fingerprint density at radius 2 is 2.10 bits per heavy atom. The summed E-state index contributed by atoms with van der Waals surface area (Å²) in [6, 6.07) is 7.57. The van der Waals surface area contributed by atoms with Gasteiger partial charge in [-0.3, -0.25) is 4.79 Å². The van der Waals surface area contributed by atoms with Crippen LogP contribution in [0.4, 0.5) is 5.69 Å². The van der Waals surface area contributed by atoms with Crippen molar-refractivity contribution in [2.45, 2.75) is 33.1 Å². The second kappa shape index (κ2) is 8.25. The first-order valence-corrected chi connectivity index (χ1v) is 7.39. The van der Waals surface area contributed by atoms with Gasteiger partial charge in [0.15, 0.2) is 0 Å². The molecule has 0 aliphatic carbocycles. The standard InChI is InChI=1S/C16H24N2O2.ClH/c1-3-11-20-14-7-5-13(6-8-14)18-15(19)16(2)9-4-10-17-12-16;/h5-8,17H,3-4,9-12H2,1-2H3,(H,18,19);1H. The van der Waals surface area contributed by atoms with E-state index in [-0.39, 0.29) is 23.7 Å². The number of halogens is 1. The molecule has 1 aliphatic rings. The molecule has 118 valence electrons. The quantitative estimate of drug-likeness (QED) is 0.877. The SMILES string of the molecule is CCCOc1ccc(NC(=O)C2(C)CCCNC2)cc1.Cl. The van der Waals surface area contributed by atoms with Crippen LogP contribution in [0.15, 0.2) is 24.3 Å². The molecule has 1 aromatic rings. The Balaban J connectivity index is 0.00000220. The van der Waals surface area contributed by atoms with Crippen LogP contribution in [0.2, 0.25) is 0 Å². The van der Waals surface area contributed by atoms with E-state index in [0.717, 1.165) is 50.4 Å².